The van der Waals surface area contributed by atoms with Crippen molar-refractivity contribution in [2.75, 3.05) is 12.0 Å². The average molecular weight is 219 g/mol. The first kappa shape index (κ1) is 11.1. The highest BCUT2D eigenvalue weighted by Crippen LogP contribution is 2.12. The number of aromatic amines is 1. The normalized spacial score (nSPS) is 14.1. The van der Waals surface area contributed by atoms with Crippen molar-refractivity contribution in [1.82, 2.24) is 20.8 Å². The van der Waals surface area contributed by atoms with Crippen LogP contribution in [0.25, 0.3) is 0 Å². The number of nitrogens with one attached hydrogen (secondary N) is 2. The summed E-state index contributed by atoms with van der Waals surface area (Å²) in [6, 6.07) is -0.288. The van der Waals surface area contributed by atoms with Crippen LogP contribution >= 0.6 is 0 Å². The molecule has 80 valence electrons. The standard InChI is InChI=1S/C6H13N5O2S/c1-14(12,13)3-2-5(9-7)6-4-8-11-10-6/h4-5,9H,2-3,7H2,1H3,(H,8,10,11). The summed E-state index contributed by atoms with van der Waals surface area (Å²) >= 11 is 0. The monoisotopic (exact) mass is 219 g/mol. The topological polar surface area (TPSA) is 114 Å². The second kappa shape index (κ2) is 4.49. The van der Waals surface area contributed by atoms with Gasteiger partial charge in [0.1, 0.15) is 15.5 Å². The average Bonchev–Trinajstić information content (AvgIpc) is 2.56. The summed E-state index contributed by atoms with van der Waals surface area (Å²) < 4.78 is 21.8. The van der Waals surface area contributed by atoms with Crippen LogP contribution in [0.5, 0.6) is 0 Å². The molecule has 0 spiro atoms. The van der Waals surface area contributed by atoms with Gasteiger partial charge in [-0.25, -0.2) is 8.42 Å². The zero-order valence-electron chi connectivity index (χ0n) is 7.77. The lowest BCUT2D eigenvalue weighted by molar-refractivity contribution is 0.519. The maximum atomic E-state index is 10.9. The fraction of sp³-hybridized carbons (Fsp3) is 0.667. The van der Waals surface area contributed by atoms with Crippen molar-refractivity contribution in [3.8, 4) is 0 Å². The van der Waals surface area contributed by atoms with Crippen molar-refractivity contribution in [3.05, 3.63) is 11.9 Å². The third kappa shape index (κ3) is 3.40. The van der Waals surface area contributed by atoms with Crippen molar-refractivity contribution in [3.63, 3.8) is 0 Å². The van der Waals surface area contributed by atoms with Crippen LogP contribution in [0.2, 0.25) is 0 Å². The van der Waals surface area contributed by atoms with Crippen molar-refractivity contribution >= 4 is 9.84 Å². The Morgan fingerprint density at radius 3 is 2.86 bits per heavy atom. The molecule has 1 unspecified atom stereocenters. The molecular formula is C6H13N5O2S. The van der Waals surface area contributed by atoms with E-state index in [4.69, 9.17) is 5.84 Å². The Bertz CT molecular complexity index is 360. The Balaban J connectivity index is 2.57. The van der Waals surface area contributed by atoms with Crippen molar-refractivity contribution in [1.29, 1.82) is 0 Å². The highest BCUT2D eigenvalue weighted by molar-refractivity contribution is 7.90. The van der Waals surface area contributed by atoms with Gasteiger partial charge in [0.2, 0.25) is 0 Å². The minimum absolute atomic E-state index is 0.0642. The molecule has 4 N–H and O–H groups in total. The smallest absolute Gasteiger partial charge is 0.147 e. The van der Waals surface area contributed by atoms with E-state index in [1.54, 1.807) is 0 Å². The van der Waals surface area contributed by atoms with Crippen LogP contribution in [0.4, 0.5) is 0 Å². The van der Waals surface area contributed by atoms with Crippen LogP contribution in [0.1, 0.15) is 18.2 Å². The molecule has 1 atom stereocenters. The number of hydrogen-bond donors (Lipinski definition) is 3. The summed E-state index contributed by atoms with van der Waals surface area (Å²) in [7, 11) is -2.97. The molecule has 0 radical (unpaired) electrons. The van der Waals surface area contributed by atoms with Crippen LogP contribution in [-0.2, 0) is 9.84 Å². The Morgan fingerprint density at radius 1 is 1.71 bits per heavy atom. The molecule has 0 bridgehead atoms. The summed E-state index contributed by atoms with van der Waals surface area (Å²) in [6.45, 7) is 0. The van der Waals surface area contributed by atoms with Gasteiger partial charge in [0.05, 0.1) is 18.0 Å². The number of hydrazine groups is 1. The molecule has 14 heavy (non-hydrogen) atoms. The first-order valence-corrected chi connectivity index (χ1v) is 6.08. The quantitative estimate of drug-likeness (QED) is 0.421. The van der Waals surface area contributed by atoms with E-state index < -0.39 is 9.84 Å². The van der Waals surface area contributed by atoms with Crippen LogP contribution in [-0.4, -0.2) is 35.8 Å². The van der Waals surface area contributed by atoms with Crippen molar-refractivity contribution in [2.24, 2.45) is 5.84 Å². The minimum Gasteiger partial charge on any atom is -0.271 e. The number of aromatic nitrogens is 3. The van der Waals surface area contributed by atoms with Gasteiger partial charge in [-0.2, -0.15) is 15.4 Å². The molecule has 1 heterocycles. The third-order valence-corrected chi connectivity index (χ3v) is 2.75. The van der Waals surface area contributed by atoms with Gasteiger partial charge in [-0.1, -0.05) is 0 Å². The number of sulfone groups is 1. The highest BCUT2D eigenvalue weighted by atomic mass is 32.2. The Labute approximate surface area is 82.0 Å². The summed E-state index contributed by atoms with van der Waals surface area (Å²) in [6.07, 6.45) is 3.07. The van der Waals surface area contributed by atoms with E-state index in [0.29, 0.717) is 12.1 Å². The summed E-state index contributed by atoms with van der Waals surface area (Å²) in [5, 5.41) is 9.87. The van der Waals surface area contributed by atoms with Gasteiger partial charge < -0.3 is 0 Å². The molecule has 0 aliphatic heterocycles. The minimum atomic E-state index is -2.97. The van der Waals surface area contributed by atoms with E-state index in [2.05, 4.69) is 20.8 Å². The number of hydrogen-bond acceptors (Lipinski definition) is 6. The molecule has 0 saturated heterocycles. The fourth-order valence-electron chi connectivity index (χ4n) is 1.03. The van der Waals surface area contributed by atoms with Gasteiger partial charge in [0, 0.05) is 6.26 Å². The van der Waals surface area contributed by atoms with Gasteiger partial charge >= 0.3 is 0 Å². The number of rotatable bonds is 5. The molecule has 1 rings (SSSR count). The fourth-order valence-corrected chi connectivity index (χ4v) is 1.69. The Kier molecular flexibility index (Phi) is 3.55. The van der Waals surface area contributed by atoms with Crippen LogP contribution in [0.15, 0.2) is 6.20 Å². The summed E-state index contributed by atoms with van der Waals surface area (Å²) in [5.74, 6) is 5.33. The molecule has 0 amide bonds. The third-order valence-electron chi connectivity index (χ3n) is 1.77. The van der Waals surface area contributed by atoms with E-state index in [0.717, 1.165) is 0 Å². The lowest BCUT2D eigenvalue weighted by atomic mass is 10.2. The molecule has 7 nitrogen and oxygen atoms in total. The number of nitrogens with zero attached hydrogens (tertiary/aromatic N) is 2. The second-order valence-electron chi connectivity index (χ2n) is 3.03. The van der Waals surface area contributed by atoms with Gasteiger partial charge in [-0.15, -0.1) is 0 Å². The molecule has 0 aliphatic rings. The predicted octanol–water partition coefficient (Wildman–Crippen LogP) is -1.26. The molecule has 0 aliphatic carbocycles. The van der Waals surface area contributed by atoms with Crippen molar-refractivity contribution < 1.29 is 8.42 Å². The second-order valence-corrected chi connectivity index (χ2v) is 5.29. The maximum Gasteiger partial charge on any atom is 0.147 e. The molecular weight excluding hydrogens is 206 g/mol. The lowest BCUT2D eigenvalue weighted by Crippen LogP contribution is -2.29. The van der Waals surface area contributed by atoms with E-state index in [1.807, 2.05) is 0 Å². The van der Waals surface area contributed by atoms with E-state index in [-0.39, 0.29) is 11.8 Å². The summed E-state index contributed by atoms with van der Waals surface area (Å²) in [4.78, 5) is 0. The SMILES string of the molecule is CS(=O)(=O)CCC(NN)c1cn[nH]n1. The highest BCUT2D eigenvalue weighted by Gasteiger charge is 2.14. The molecule has 0 saturated carbocycles. The molecule has 0 fully saturated rings. The first-order chi connectivity index (χ1) is 6.53. The molecule has 1 aromatic heterocycles. The van der Waals surface area contributed by atoms with E-state index >= 15 is 0 Å². The Hall–Kier alpha value is -0.990. The summed E-state index contributed by atoms with van der Waals surface area (Å²) in [5.41, 5.74) is 3.10. The van der Waals surface area contributed by atoms with Gasteiger partial charge in [0.15, 0.2) is 0 Å². The zero-order valence-corrected chi connectivity index (χ0v) is 8.58. The number of H-pyrrole nitrogens is 1. The van der Waals surface area contributed by atoms with Gasteiger partial charge in [0.25, 0.3) is 0 Å². The van der Waals surface area contributed by atoms with Gasteiger partial charge in [-0.3, -0.25) is 11.3 Å². The van der Waals surface area contributed by atoms with Gasteiger partial charge in [-0.05, 0) is 6.42 Å². The molecule has 1 aromatic rings. The van der Waals surface area contributed by atoms with Crippen molar-refractivity contribution in [2.45, 2.75) is 12.5 Å². The molecule has 8 heteroatoms. The first-order valence-electron chi connectivity index (χ1n) is 4.02. The van der Waals surface area contributed by atoms with Crippen LogP contribution in [0.3, 0.4) is 0 Å². The maximum absolute atomic E-state index is 10.9. The van der Waals surface area contributed by atoms with E-state index in [9.17, 15) is 8.42 Å². The largest absolute Gasteiger partial charge is 0.271 e. The number of nitrogens with two attached hydrogens (primary N) is 1. The van der Waals surface area contributed by atoms with Crippen LogP contribution < -0.4 is 11.3 Å². The lowest BCUT2D eigenvalue weighted by Gasteiger charge is -2.11. The Morgan fingerprint density at radius 2 is 2.43 bits per heavy atom. The van der Waals surface area contributed by atoms with E-state index in [1.165, 1.54) is 12.5 Å². The zero-order chi connectivity index (χ0) is 10.6. The predicted molar refractivity (Wildman–Crippen MR) is 50.8 cm³/mol. The van der Waals surface area contributed by atoms with Crippen LogP contribution in [0, 0.1) is 0 Å². The molecule has 0 aromatic carbocycles.